The Labute approximate surface area is 282 Å². The van der Waals surface area contributed by atoms with Gasteiger partial charge in [-0.1, -0.05) is 133 Å². The molecule has 7 nitrogen and oxygen atoms in total. The van der Waals surface area contributed by atoms with Gasteiger partial charge in [0.1, 0.15) is 35.8 Å². The highest BCUT2D eigenvalue weighted by atomic mass is 16.7. The average molecular weight is 647 g/mol. The second-order valence-corrected chi connectivity index (χ2v) is 11.7. The molecule has 6 rings (SSSR count). The van der Waals surface area contributed by atoms with Crippen molar-refractivity contribution < 1.29 is 33.5 Å². The molecule has 5 aromatic rings. The molecule has 0 aliphatic carbocycles. The van der Waals surface area contributed by atoms with Crippen LogP contribution in [0.3, 0.4) is 0 Å². The van der Waals surface area contributed by atoms with Gasteiger partial charge >= 0.3 is 0 Å². The topological polar surface area (TPSA) is 75.6 Å². The Morgan fingerprint density at radius 2 is 1.04 bits per heavy atom. The molecule has 0 amide bonds. The minimum Gasteiger partial charge on any atom is -0.497 e. The number of benzene rings is 5. The van der Waals surface area contributed by atoms with E-state index in [1.54, 1.807) is 14.2 Å². The molecule has 248 valence electrons. The van der Waals surface area contributed by atoms with Crippen LogP contribution in [0.4, 0.5) is 0 Å². The first-order valence-corrected chi connectivity index (χ1v) is 16.2. The van der Waals surface area contributed by atoms with Crippen LogP contribution < -0.4 is 4.74 Å². The van der Waals surface area contributed by atoms with Gasteiger partial charge in [-0.05, 0) is 39.9 Å². The molecule has 1 saturated heterocycles. The maximum atomic E-state index is 12.0. The van der Waals surface area contributed by atoms with E-state index in [0.29, 0.717) is 0 Å². The molecular weight excluding hydrogens is 604 g/mol. The molecule has 1 N–H and O–H groups in total. The van der Waals surface area contributed by atoms with E-state index in [4.69, 9.17) is 28.4 Å². The van der Waals surface area contributed by atoms with Gasteiger partial charge in [0.05, 0.1) is 26.9 Å². The van der Waals surface area contributed by atoms with Crippen molar-refractivity contribution in [2.24, 2.45) is 0 Å². The van der Waals surface area contributed by atoms with E-state index in [9.17, 15) is 5.11 Å². The number of aliphatic hydroxyl groups is 1. The van der Waals surface area contributed by atoms with Gasteiger partial charge in [0.15, 0.2) is 6.29 Å². The minimum absolute atomic E-state index is 0.0378. The lowest BCUT2D eigenvalue weighted by Gasteiger charge is -2.45. The number of ether oxygens (including phenoxy) is 6. The van der Waals surface area contributed by atoms with Crippen molar-refractivity contribution in [3.05, 3.63) is 173 Å². The molecule has 7 heteroatoms. The first-order chi connectivity index (χ1) is 23.6. The van der Waals surface area contributed by atoms with E-state index in [2.05, 4.69) is 36.4 Å². The molecule has 5 aromatic carbocycles. The minimum atomic E-state index is -1.10. The predicted molar refractivity (Wildman–Crippen MR) is 183 cm³/mol. The van der Waals surface area contributed by atoms with Crippen LogP contribution in [0.5, 0.6) is 5.75 Å². The van der Waals surface area contributed by atoms with E-state index in [1.807, 2.05) is 109 Å². The fraction of sp³-hybridized carbons (Fsp3) is 0.268. The Morgan fingerprint density at radius 1 is 0.583 bits per heavy atom. The van der Waals surface area contributed by atoms with Crippen LogP contribution in [0.2, 0.25) is 0 Å². The number of rotatable bonds is 14. The van der Waals surface area contributed by atoms with Gasteiger partial charge < -0.3 is 33.5 Å². The van der Waals surface area contributed by atoms with Gasteiger partial charge in [-0.15, -0.1) is 0 Å². The summed E-state index contributed by atoms with van der Waals surface area (Å²) in [5.41, 5.74) is 3.78. The number of hydrogen-bond donors (Lipinski definition) is 1. The lowest BCUT2D eigenvalue weighted by atomic mass is 9.80. The molecular formula is C41H42O7. The first-order valence-electron chi connectivity index (χ1n) is 16.2. The zero-order valence-electron chi connectivity index (χ0n) is 27.3. The quantitative estimate of drug-likeness (QED) is 0.132. The SMILES string of the molecule is COc1ccc(CO[C@H]2[C@@H](OC)O[C@H](COC(c3ccccc3)(c3ccccc3)c3ccccc3)[C@@H](O)[C@@H]2OCc2ccccc2)cc1. The summed E-state index contributed by atoms with van der Waals surface area (Å²) in [6, 6.07) is 47.8. The highest BCUT2D eigenvalue weighted by molar-refractivity contribution is 5.47. The molecule has 1 fully saturated rings. The van der Waals surface area contributed by atoms with Crippen molar-refractivity contribution >= 4 is 0 Å². The molecule has 1 aliphatic rings. The Bertz CT molecular complexity index is 1550. The van der Waals surface area contributed by atoms with Crippen molar-refractivity contribution in [1.82, 2.24) is 0 Å². The summed E-state index contributed by atoms with van der Waals surface area (Å²) in [5, 5.41) is 12.0. The summed E-state index contributed by atoms with van der Waals surface area (Å²) >= 11 is 0. The molecule has 0 radical (unpaired) electrons. The molecule has 1 heterocycles. The molecule has 48 heavy (non-hydrogen) atoms. The van der Waals surface area contributed by atoms with Gasteiger partial charge in [-0.25, -0.2) is 0 Å². The van der Waals surface area contributed by atoms with E-state index in [1.165, 1.54) is 0 Å². The maximum Gasteiger partial charge on any atom is 0.186 e. The molecule has 0 saturated carbocycles. The maximum absolute atomic E-state index is 12.0. The van der Waals surface area contributed by atoms with Crippen molar-refractivity contribution in [2.75, 3.05) is 20.8 Å². The Morgan fingerprint density at radius 3 is 1.52 bits per heavy atom. The number of methoxy groups -OCH3 is 2. The molecule has 0 bridgehead atoms. The van der Waals surface area contributed by atoms with Gasteiger partial charge in [-0.2, -0.15) is 0 Å². The lowest BCUT2D eigenvalue weighted by Crippen LogP contribution is -2.61. The average Bonchev–Trinajstić information content (AvgIpc) is 3.16. The fourth-order valence-corrected chi connectivity index (χ4v) is 6.24. The summed E-state index contributed by atoms with van der Waals surface area (Å²) in [6.07, 6.45) is -4.24. The standard InChI is InChI=1S/C41H42O7/c1-43-35-25-23-31(24-26-35)28-46-39-38(45-27-30-15-7-3-8-16-30)37(42)36(48-40(39)44-2)29-47-41(32-17-9-4-10-18-32,33-19-11-5-12-20-33)34-21-13-6-14-22-34/h3-26,36-40,42H,27-29H2,1-2H3/t36-,37-,38+,39-,40+/m1/s1. The Kier molecular flexibility index (Phi) is 11.3. The van der Waals surface area contributed by atoms with E-state index >= 15 is 0 Å². The second-order valence-electron chi connectivity index (χ2n) is 11.7. The highest BCUT2D eigenvalue weighted by Crippen LogP contribution is 2.41. The van der Waals surface area contributed by atoms with Crippen molar-refractivity contribution in [2.45, 2.75) is 49.5 Å². The smallest absolute Gasteiger partial charge is 0.186 e. The zero-order chi connectivity index (χ0) is 33.2. The van der Waals surface area contributed by atoms with Gasteiger partial charge in [0.2, 0.25) is 0 Å². The lowest BCUT2D eigenvalue weighted by molar-refractivity contribution is -0.317. The van der Waals surface area contributed by atoms with Crippen LogP contribution >= 0.6 is 0 Å². The van der Waals surface area contributed by atoms with Crippen LogP contribution in [0, 0.1) is 0 Å². The molecule has 0 unspecified atom stereocenters. The van der Waals surface area contributed by atoms with E-state index in [-0.39, 0.29) is 19.8 Å². The predicted octanol–water partition coefficient (Wildman–Crippen LogP) is 6.91. The van der Waals surface area contributed by atoms with Crippen molar-refractivity contribution in [3.8, 4) is 5.75 Å². The van der Waals surface area contributed by atoms with E-state index < -0.39 is 36.3 Å². The van der Waals surface area contributed by atoms with Crippen LogP contribution in [-0.2, 0) is 42.5 Å². The third kappa shape index (κ3) is 7.53. The molecule has 0 spiro atoms. The Hall–Kier alpha value is -4.34. The summed E-state index contributed by atoms with van der Waals surface area (Å²) in [7, 11) is 3.20. The van der Waals surface area contributed by atoms with Crippen LogP contribution in [-0.4, -0.2) is 56.6 Å². The largest absolute Gasteiger partial charge is 0.497 e. The second kappa shape index (κ2) is 16.2. The third-order valence-corrected chi connectivity index (χ3v) is 8.74. The molecule has 5 atom stereocenters. The zero-order valence-corrected chi connectivity index (χ0v) is 27.3. The van der Waals surface area contributed by atoms with E-state index in [0.717, 1.165) is 33.6 Å². The van der Waals surface area contributed by atoms with Gasteiger partial charge in [0, 0.05) is 7.11 Å². The summed E-state index contributed by atoms with van der Waals surface area (Å²) in [4.78, 5) is 0. The normalized spacial score (nSPS) is 21.1. The van der Waals surface area contributed by atoms with Crippen molar-refractivity contribution in [1.29, 1.82) is 0 Å². The van der Waals surface area contributed by atoms with Gasteiger partial charge in [0.25, 0.3) is 0 Å². The summed E-state index contributed by atoms with van der Waals surface area (Å²) in [6.45, 7) is 0.573. The van der Waals surface area contributed by atoms with Crippen LogP contribution in [0.1, 0.15) is 27.8 Å². The fourth-order valence-electron chi connectivity index (χ4n) is 6.24. The van der Waals surface area contributed by atoms with Crippen LogP contribution in [0.15, 0.2) is 146 Å². The summed E-state index contributed by atoms with van der Waals surface area (Å²) < 4.78 is 37.5. The monoisotopic (exact) mass is 646 g/mol. The highest BCUT2D eigenvalue weighted by Gasteiger charge is 2.49. The van der Waals surface area contributed by atoms with Crippen LogP contribution in [0.25, 0.3) is 0 Å². The molecule has 1 aliphatic heterocycles. The van der Waals surface area contributed by atoms with Gasteiger partial charge in [-0.3, -0.25) is 0 Å². The molecule has 0 aromatic heterocycles. The van der Waals surface area contributed by atoms with Crippen molar-refractivity contribution in [3.63, 3.8) is 0 Å². The first kappa shape index (κ1) is 33.6. The Balaban J connectivity index is 1.30. The number of aliphatic hydroxyl groups excluding tert-OH is 1. The number of hydrogen-bond acceptors (Lipinski definition) is 7. The third-order valence-electron chi connectivity index (χ3n) is 8.74. The summed E-state index contributed by atoms with van der Waals surface area (Å²) in [5.74, 6) is 0.759.